The summed E-state index contributed by atoms with van der Waals surface area (Å²) in [5.41, 5.74) is -0.125. The van der Waals surface area contributed by atoms with E-state index < -0.39 is 29.6 Å². The maximum absolute atomic E-state index is 13.4. The Bertz CT molecular complexity index is 556. The van der Waals surface area contributed by atoms with Gasteiger partial charge in [0.2, 0.25) is 5.91 Å². The summed E-state index contributed by atoms with van der Waals surface area (Å²) in [6, 6.07) is 2.11. The molecule has 1 saturated heterocycles. The van der Waals surface area contributed by atoms with Crippen LogP contribution in [0.15, 0.2) is 18.2 Å². The topological polar surface area (TPSA) is 69.6 Å². The van der Waals surface area contributed by atoms with E-state index in [0.29, 0.717) is 18.4 Å². The molecule has 0 aromatic heterocycles. The summed E-state index contributed by atoms with van der Waals surface area (Å²) in [5, 5.41) is 11.4. The quantitative estimate of drug-likeness (QED) is 0.879. The van der Waals surface area contributed by atoms with Crippen molar-refractivity contribution in [1.82, 2.24) is 4.90 Å². The van der Waals surface area contributed by atoms with Crippen molar-refractivity contribution in [3.63, 3.8) is 0 Å². The van der Waals surface area contributed by atoms with Crippen LogP contribution in [0.25, 0.3) is 0 Å². The summed E-state index contributed by atoms with van der Waals surface area (Å²) < 4.78 is 26.2. The maximum Gasteiger partial charge on any atom is 0.321 e. The third-order valence-corrected chi connectivity index (χ3v) is 4.10. The minimum Gasteiger partial charge on any atom is -0.480 e. The van der Waals surface area contributed by atoms with E-state index in [2.05, 4.69) is 5.32 Å². The zero-order chi connectivity index (χ0) is 15.4. The Labute approximate surface area is 124 Å². The van der Waals surface area contributed by atoms with Crippen LogP contribution >= 0.6 is 11.8 Å². The van der Waals surface area contributed by atoms with Gasteiger partial charge in [-0.1, -0.05) is 0 Å². The average molecular weight is 316 g/mol. The largest absolute Gasteiger partial charge is 0.480 e. The van der Waals surface area contributed by atoms with Crippen LogP contribution in [0.3, 0.4) is 0 Å². The molecule has 1 heterocycles. The molecule has 1 aliphatic heterocycles. The molecule has 0 radical (unpaired) electrons. The molecule has 0 bridgehead atoms. The predicted octanol–water partition coefficient (Wildman–Crippen LogP) is 1.41. The normalized spacial score (nSPS) is 19.2. The molecular weight excluding hydrogens is 302 g/mol. The van der Waals surface area contributed by atoms with Crippen LogP contribution in [0.4, 0.5) is 14.5 Å². The number of hydrogen-bond acceptors (Lipinski definition) is 4. The van der Waals surface area contributed by atoms with E-state index in [1.54, 1.807) is 0 Å². The van der Waals surface area contributed by atoms with Crippen molar-refractivity contribution in [2.45, 2.75) is 6.04 Å². The number of rotatable bonds is 4. The first kappa shape index (κ1) is 15.7. The molecule has 0 spiro atoms. The molecule has 1 aliphatic rings. The van der Waals surface area contributed by atoms with Gasteiger partial charge in [0.15, 0.2) is 0 Å². The molecule has 1 fully saturated rings. The second-order valence-corrected chi connectivity index (χ2v) is 5.72. The Morgan fingerprint density at radius 2 is 2.19 bits per heavy atom. The standard InChI is InChI=1S/C13H14F2N2O3S/c14-8-1-2-10(9(15)5-8)16-12(18)6-17-3-4-21-7-11(17)13(19)20/h1-2,5,11H,3-4,6-7H2,(H,16,18)(H,19,20). The molecular formula is C13H14F2N2O3S. The van der Waals surface area contributed by atoms with Crippen molar-refractivity contribution in [2.75, 3.05) is 29.9 Å². The van der Waals surface area contributed by atoms with Crippen molar-refractivity contribution >= 4 is 29.3 Å². The van der Waals surface area contributed by atoms with E-state index in [1.807, 2.05) is 0 Å². The SMILES string of the molecule is O=C(CN1CCSCC1C(=O)O)Nc1ccc(F)cc1F. The molecule has 5 nitrogen and oxygen atoms in total. The average Bonchev–Trinajstić information content (AvgIpc) is 2.42. The van der Waals surface area contributed by atoms with Crippen molar-refractivity contribution in [3.05, 3.63) is 29.8 Å². The molecule has 114 valence electrons. The highest BCUT2D eigenvalue weighted by Crippen LogP contribution is 2.18. The van der Waals surface area contributed by atoms with Crippen LogP contribution in [-0.2, 0) is 9.59 Å². The molecule has 2 N–H and O–H groups in total. The molecule has 1 unspecified atom stereocenters. The number of nitrogens with zero attached hydrogens (tertiary/aromatic N) is 1. The summed E-state index contributed by atoms with van der Waals surface area (Å²) >= 11 is 1.51. The van der Waals surface area contributed by atoms with Crippen molar-refractivity contribution in [1.29, 1.82) is 0 Å². The number of halogens is 2. The van der Waals surface area contributed by atoms with Gasteiger partial charge in [-0.15, -0.1) is 0 Å². The lowest BCUT2D eigenvalue weighted by atomic mass is 10.2. The lowest BCUT2D eigenvalue weighted by molar-refractivity contribution is -0.142. The second-order valence-electron chi connectivity index (χ2n) is 4.57. The summed E-state index contributed by atoms with van der Waals surface area (Å²) in [7, 11) is 0. The van der Waals surface area contributed by atoms with Gasteiger partial charge in [-0.2, -0.15) is 11.8 Å². The van der Waals surface area contributed by atoms with Crippen LogP contribution in [-0.4, -0.2) is 52.5 Å². The second kappa shape index (κ2) is 6.86. The van der Waals surface area contributed by atoms with E-state index in [4.69, 9.17) is 5.11 Å². The lowest BCUT2D eigenvalue weighted by Gasteiger charge is -2.31. The van der Waals surface area contributed by atoms with Crippen LogP contribution in [0.1, 0.15) is 0 Å². The van der Waals surface area contributed by atoms with Gasteiger partial charge < -0.3 is 10.4 Å². The van der Waals surface area contributed by atoms with Gasteiger partial charge >= 0.3 is 5.97 Å². The van der Waals surface area contributed by atoms with Crippen molar-refractivity contribution < 1.29 is 23.5 Å². The number of carboxylic acid groups (broad SMARTS) is 1. The minimum atomic E-state index is -0.983. The van der Waals surface area contributed by atoms with Gasteiger partial charge in [-0.05, 0) is 12.1 Å². The Morgan fingerprint density at radius 1 is 1.43 bits per heavy atom. The molecule has 8 heteroatoms. The molecule has 21 heavy (non-hydrogen) atoms. The van der Waals surface area contributed by atoms with Gasteiger partial charge in [0.1, 0.15) is 17.7 Å². The Kier molecular flexibility index (Phi) is 5.13. The van der Waals surface area contributed by atoms with Crippen LogP contribution < -0.4 is 5.32 Å². The zero-order valence-corrected chi connectivity index (χ0v) is 11.8. The molecule has 1 atom stereocenters. The minimum absolute atomic E-state index is 0.125. The number of nitrogens with one attached hydrogen (secondary N) is 1. The first-order valence-corrected chi connectivity index (χ1v) is 7.42. The Hall–Kier alpha value is -1.67. The monoisotopic (exact) mass is 316 g/mol. The van der Waals surface area contributed by atoms with Gasteiger partial charge in [-0.3, -0.25) is 14.5 Å². The van der Waals surface area contributed by atoms with E-state index in [0.717, 1.165) is 17.9 Å². The Morgan fingerprint density at radius 3 is 2.86 bits per heavy atom. The summed E-state index contributed by atoms with van der Waals surface area (Å²) in [4.78, 5) is 24.5. The fourth-order valence-electron chi connectivity index (χ4n) is 2.02. The zero-order valence-electron chi connectivity index (χ0n) is 11.0. The molecule has 1 aromatic carbocycles. The fourth-order valence-corrected chi connectivity index (χ4v) is 3.13. The first-order valence-electron chi connectivity index (χ1n) is 6.27. The first-order chi connectivity index (χ1) is 9.97. The highest BCUT2D eigenvalue weighted by atomic mass is 32.2. The molecule has 1 amide bonds. The number of carbonyl (C=O) groups excluding carboxylic acids is 1. The third kappa shape index (κ3) is 4.15. The molecule has 1 aromatic rings. The number of aliphatic carboxylic acids is 1. The maximum atomic E-state index is 13.4. The predicted molar refractivity (Wildman–Crippen MR) is 75.3 cm³/mol. The number of benzene rings is 1. The van der Waals surface area contributed by atoms with Crippen LogP contribution in [0.5, 0.6) is 0 Å². The van der Waals surface area contributed by atoms with E-state index >= 15 is 0 Å². The number of anilines is 1. The summed E-state index contributed by atoms with van der Waals surface area (Å²) in [6.45, 7) is 0.329. The summed E-state index contributed by atoms with van der Waals surface area (Å²) in [5.74, 6) is -1.96. The van der Waals surface area contributed by atoms with Gasteiger partial charge in [0.25, 0.3) is 0 Å². The van der Waals surface area contributed by atoms with Gasteiger partial charge in [0.05, 0.1) is 12.2 Å². The third-order valence-electron chi connectivity index (χ3n) is 3.08. The van der Waals surface area contributed by atoms with E-state index in [1.165, 1.54) is 16.7 Å². The number of carbonyl (C=O) groups is 2. The summed E-state index contributed by atoms with van der Waals surface area (Å²) in [6.07, 6.45) is 0. The molecule has 0 saturated carbocycles. The van der Waals surface area contributed by atoms with E-state index in [9.17, 15) is 18.4 Å². The number of amides is 1. The van der Waals surface area contributed by atoms with E-state index in [-0.39, 0.29) is 12.2 Å². The number of hydrogen-bond donors (Lipinski definition) is 2. The highest BCUT2D eigenvalue weighted by molar-refractivity contribution is 7.99. The van der Waals surface area contributed by atoms with Gasteiger partial charge in [0, 0.05) is 24.1 Å². The van der Waals surface area contributed by atoms with Crippen molar-refractivity contribution in [3.8, 4) is 0 Å². The lowest BCUT2D eigenvalue weighted by Crippen LogP contribution is -2.50. The molecule has 2 rings (SSSR count). The van der Waals surface area contributed by atoms with Crippen molar-refractivity contribution in [2.24, 2.45) is 0 Å². The number of carboxylic acids is 1. The highest BCUT2D eigenvalue weighted by Gasteiger charge is 2.30. The Balaban J connectivity index is 1.98. The fraction of sp³-hybridized carbons (Fsp3) is 0.385. The van der Waals surface area contributed by atoms with Crippen LogP contribution in [0, 0.1) is 11.6 Å². The smallest absolute Gasteiger partial charge is 0.321 e. The van der Waals surface area contributed by atoms with Gasteiger partial charge in [-0.25, -0.2) is 8.78 Å². The van der Waals surface area contributed by atoms with Crippen LogP contribution in [0.2, 0.25) is 0 Å². The molecule has 0 aliphatic carbocycles. The number of thioether (sulfide) groups is 1.